The average molecular weight is 280 g/mol. The molecule has 0 aliphatic rings. The monoisotopic (exact) mass is 280 g/mol. The molecule has 2 heterocycles. The third kappa shape index (κ3) is 2.67. The van der Waals surface area contributed by atoms with E-state index in [1.54, 1.807) is 0 Å². The van der Waals surface area contributed by atoms with Crippen molar-refractivity contribution in [2.24, 2.45) is 7.05 Å². The molecule has 2 aromatic heterocycles. The quantitative estimate of drug-likeness (QED) is 0.781. The number of benzene rings is 1. The molecule has 0 aliphatic heterocycles. The van der Waals surface area contributed by atoms with Crippen LogP contribution in [0, 0.1) is 0 Å². The van der Waals surface area contributed by atoms with E-state index in [0.717, 1.165) is 13.0 Å². The van der Waals surface area contributed by atoms with Crippen LogP contribution in [0.1, 0.15) is 30.6 Å². The van der Waals surface area contributed by atoms with Gasteiger partial charge in [0.1, 0.15) is 0 Å². The van der Waals surface area contributed by atoms with Crippen LogP contribution in [0.15, 0.2) is 48.9 Å². The summed E-state index contributed by atoms with van der Waals surface area (Å²) in [5.41, 5.74) is 2.44. The molecule has 4 nitrogen and oxygen atoms in total. The summed E-state index contributed by atoms with van der Waals surface area (Å²) in [5, 5.41) is 10.4. The number of nitrogens with one attached hydrogen (secondary N) is 1. The Kier molecular flexibility index (Phi) is 3.97. The Bertz CT molecular complexity index is 727. The van der Waals surface area contributed by atoms with Crippen molar-refractivity contribution in [3.8, 4) is 0 Å². The zero-order valence-corrected chi connectivity index (χ0v) is 12.5. The second-order valence-corrected chi connectivity index (χ2v) is 5.21. The Morgan fingerprint density at radius 2 is 2.10 bits per heavy atom. The molecular formula is C17H20N4. The smallest absolute Gasteiger partial charge is 0.0754 e. The number of hydrogen-bond acceptors (Lipinski definition) is 3. The van der Waals surface area contributed by atoms with Crippen molar-refractivity contribution in [1.29, 1.82) is 0 Å². The van der Waals surface area contributed by atoms with Crippen molar-refractivity contribution in [3.05, 3.63) is 60.2 Å². The molecule has 0 aliphatic carbocycles. The van der Waals surface area contributed by atoms with Gasteiger partial charge in [-0.05, 0) is 36.0 Å². The zero-order valence-electron chi connectivity index (χ0n) is 12.5. The fraction of sp³-hybridized carbons (Fsp3) is 0.294. The molecule has 0 amide bonds. The van der Waals surface area contributed by atoms with Gasteiger partial charge in [0.2, 0.25) is 0 Å². The highest BCUT2D eigenvalue weighted by Crippen LogP contribution is 2.28. The molecule has 1 N–H and O–H groups in total. The molecule has 0 fully saturated rings. The highest BCUT2D eigenvalue weighted by molar-refractivity contribution is 5.85. The molecule has 0 saturated carbocycles. The van der Waals surface area contributed by atoms with Crippen LogP contribution in [-0.4, -0.2) is 21.3 Å². The van der Waals surface area contributed by atoms with Gasteiger partial charge in [-0.2, -0.15) is 5.10 Å². The first-order valence-electron chi connectivity index (χ1n) is 7.35. The molecule has 108 valence electrons. The van der Waals surface area contributed by atoms with Gasteiger partial charge in [-0.1, -0.05) is 25.1 Å². The zero-order chi connectivity index (χ0) is 14.7. The predicted molar refractivity (Wildman–Crippen MR) is 85.1 cm³/mol. The van der Waals surface area contributed by atoms with Crippen molar-refractivity contribution in [1.82, 2.24) is 20.1 Å². The molecule has 1 aromatic carbocycles. The molecule has 0 spiro atoms. The Morgan fingerprint density at radius 1 is 1.19 bits per heavy atom. The Labute approximate surface area is 124 Å². The number of nitrogens with zero attached hydrogens (tertiary/aromatic N) is 3. The fourth-order valence-electron chi connectivity index (χ4n) is 2.73. The second-order valence-electron chi connectivity index (χ2n) is 5.21. The molecule has 0 saturated heterocycles. The number of rotatable bonds is 5. The van der Waals surface area contributed by atoms with E-state index >= 15 is 0 Å². The molecule has 3 rings (SSSR count). The lowest BCUT2D eigenvalue weighted by atomic mass is 9.97. The summed E-state index contributed by atoms with van der Waals surface area (Å²) in [5.74, 6) is 0. The SMILES string of the molecule is CCCNC(c1cccc2cnccc12)c1ccnn1C. The summed E-state index contributed by atoms with van der Waals surface area (Å²) in [6, 6.07) is 10.7. The van der Waals surface area contributed by atoms with Gasteiger partial charge >= 0.3 is 0 Å². The number of pyridine rings is 1. The summed E-state index contributed by atoms with van der Waals surface area (Å²) < 4.78 is 1.94. The Balaban J connectivity index is 2.12. The van der Waals surface area contributed by atoms with Crippen LogP contribution in [0.25, 0.3) is 10.8 Å². The molecular weight excluding hydrogens is 260 g/mol. The summed E-state index contributed by atoms with van der Waals surface area (Å²) >= 11 is 0. The van der Waals surface area contributed by atoms with Gasteiger partial charge in [0.25, 0.3) is 0 Å². The van der Waals surface area contributed by atoms with Crippen LogP contribution >= 0.6 is 0 Å². The van der Waals surface area contributed by atoms with Gasteiger partial charge in [0, 0.05) is 31.0 Å². The normalized spacial score (nSPS) is 12.7. The van der Waals surface area contributed by atoms with Crippen LogP contribution in [0.3, 0.4) is 0 Å². The van der Waals surface area contributed by atoms with Crippen LogP contribution in [0.2, 0.25) is 0 Å². The number of aryl methyl sites for hydroxylation is 1. The van der Waals surface area contributed by atoms with Gasteiger partial charge in [0.15, 0.2) is 0 Å². The first kappa shape index (κ1) is 13.8. The van der Waals surface area contributed by atoms with Crippen molar-refractivity contribution in [2.75, 3.05) is 6.54 Å². The maximum atomic E-state index is 4.32. The summed E-state index contributed by atoms with van der Waals surface area (Å²) in [4.78, 5) is 4.22. The Hall–Kier alpha value is -2.20. The van der Waals surface area contributed by atoms with E-state index in [4.69, 9.17) is 0 Å². The average Bonchev–Trinajstić information content (AvgIpc) is 2.94. The lowest BCUT2D eigenvalue weighted by Gasteiger charge is -2.21. The van der Waals surface area contributed by atoms with E-state index < -0.39 is 0 Å². The molecule has 21 heavy (non-hydrogen) atoms. The highest BCUT2D eigenvalue weighted by Gasteiger charge is 2.18. The summed E-state index contributed by atoms with van der Waals surface area (Å²) in [6.45, 7) is 3.15. The summed E-state index contributed by atoms with van der Waals surface area (Å²) in [6.07, 6.45) is 6.72. The van der Waals surface area contributed by atoms with Crippen LogP contribution in [0.4, 0.5) is 0 Å². The van der Waals surface area contributed by atoms with Crippen molar-refractivity contribution < 1.29 is 0 Å². The maximum Gasteiger partial charge on any atom is 0.0754 e. The minimum atomic E-state index is 0.142. The van der Waals surface area contributed by atoms with E-state index in [1.165, 1.54) is 22.0 Å². The lowest BCUT2D eigenvalue weighted by Crippen LogP contribution is -2.25. The predicted octanol–water partition coefficient (Wildman–Crippen LogP) is 3.06. The highest BCUT2D eigenvalue weighted by atomic mass is 15.3. The van der Waals surface area contributed by atoms with Gasteiger partial charge in [-0.3, -0.25) is 9.67 Å². The largest absolute Gasteiger partial charge is 0.305 e. The van der Waals surface area contributed by atoms with Crippen LogP contribution in [0.5, 0.6) is 0 Å². The molecule has 1 atom stereocenters. The van der Waals surface area contributed by atoms with Gasteiger partial charge in [-0.15, -0.1) is 0 Å². The number of hydrogen-bond donors (Lipinski definition) is 1. The molecule has 3 aromatic rings. The van der Waals surface area contributed by atoms with Gasteiger partial charge in [0.05, 0.1) is 11.7 Å². The molecule has 1 unspecified atom stereocenters. The first-order chi connectivity index (χ1) is 10.3. The first-order valence-corrected chi connectivity index (χ1v) is 7.35. The van der Waals surface area contributed by atoms with Crippen molar-refractivity contribution in [3.63, 3.8) is 0 Å². The Morgan fingerprint density at radius 3 is 2.86 bits per heavy atom. The minimum absolute atomic E-state index is 0.142. The van der Waals surface area contributed by atoms with Gasteiger partial charge in [-0.25, -0.2) is 0 Å². The summed E-state index contributed by atoms with van der Waals surface area (Å²) in [7, 11) is 1.99. The topological polar surface area (TPSA) is 42.7 Å². The molecule has 0 bridgehead atoms. The van der Waals surface area contributed by atoms with Gasteiger partial charge < -0.3 is 5.32 Å². The lowest BCUT2D eigenvalue weighted by molar-refractivity contribution is 0.556. The minimum Gasteiger partial charge on any atom is -0.305 e. The van der Waals surface area contributed by atoms with Crippen LogP contribution in [-0.2, 0) is 7.05 Å². The molecule has 0 radical (unpaired) electrons. The van der Waals surface area contributed by atoms with Crippen molar-refractivity contribution >= 4 is 10.8 Å². The van der Waals surface area contributed by atoms with E-state index in [1.807, 2.05) is 30.3 Å². The number of fused-ring (bicyclic) bond motifs is 1. The maximum absolute atomic E-state index is 4.32. The third-order valence-electron chi connectivity index (χ3n) is 3.78. The van der Waals surface area contributed by atoms with Crippen LogP contribution < -0.4 is 5.32 Å². The van der Waals surface area contributed by atoms with E-state index in [-0.39, 0.29) is 6.04 Å². The van der Waals surface area contributed by atoms with E-state index in [0.29, 0.717) is 0 Å². The third-order valence-corrected chi connectivity index (χ3v) is 3.78. The van der Waals surface area contributed by atoms with Crippen molar-refractivity contribution in [2.45, 2.75) is 19.4 Å². The second kappa shape index (κ2) is 6.06. The molecule has 4 heteroatoms. The fourth-order valence-corrected chi connectivity index (χ4v) is 2.73. The number of aromatic nitrogens is 3. The van der Waals surface area contributed by atoms with E-state index in [9.17, 15) is 0 Å². The standard InChI is InChI=1S/C17H20N4/c1-3-9-19-17(16-8-11-20-21(16)2)15-6-4-5-13-12-18-10-7-14(13)15/h4-8,10-12,17,19H,3,9H2,1-2H3. The van der Waals surface area contributed by atoms with E-state index in [2.05, 4.69) is 52.7 Å².